The molecule has 2 rings (SSSR count). The first-order chi connectivity index (χ1) is 9.63. The van der Waals surface area contributed by atoms with Crippen LogP contribution >= 0.6 is 12.4 Å². The lowest BCUT2D eigenvalue weighted by Gasteiger charge is -2.31. The van der Waals surface area contributed by atoms with E-state index in [2.05, 4.69) is 25.7 Å². The summed E-state index contributed by atoms with van der Waals surface area (Å²) in [4.78, 5) is 2.58. The van der Waals surface area contributed by atoms with Gasteiger partial charge in [-0.2, -0.15) is 0 Å². The molecule has 0 amide bonds. The predicted octanol–water partition coefficient (Wildman–Crippen LogP) is 2.35. The molecule has 1 aromatic rings. The van der Waals surface area contributed by atoms with Crippen LogP contribution < -0.4 is 0 Å². The van der Waals surface area contributed by atoms with Crippen molar-refractivity contribution in [1.82, 2.24) is 4.90 Å². The van der Waals surface area contributed by atoms with Gasteiger partial charge in [-0.1, -0.05) is 32.9 Å². The van der Waals surface area contributed by atoms with E-state index in [1.54, 1.807) is 12.1 Å². The van der Waals surface area contributed by atoms with Gasteiger partial charge in [0.05, 0.1) is 10.5 Å². The fraction of sp³-hybridized carbons (Fsp3) is 0.625. The van der Waals surface area contributed by atoms with Gasteiger partial charge in [0.25, 0.3) is 0 Å². The van der Waals surface area contributed by atoms with Crippen LogP contribution in [0.25, 0.3) is 0 Å². The van der Waals surface area contributed by atoms with Gasteiger partial charge >= 0.3 is 0 Å². The number of benzene rings is 1. The average molecular weight is 348 g/mol. The first-order valence-corrected chi connectivity index (χ1v) is 9.26. The maximum absolute atomic E-state index is 11.4. The topological polar surface area (TPSA) is 57.6 Å². The van der Waals surface area contributed by atoms with Crippen molar-refractivity contribution < 1.29 is 13.5 Å². The number of aliphatic hydroxyl groups is 1. The molecule has 126 valence electrons. The molecule has 1 N–H and O–H groups in total. The second-order valence-electron chi connectivity index (χ2n) is 6.63. The SMILES string of the molecule is CC(C)[C@]1(O)CN(Cc2ccc(S(C)(=O)=O)cc2)C[C@H]1C.Cl. The highest BCUT2D eigenvalue weighted by Crippen LogP contribution is 2.34. The number of likely N-dealkylation sites (tertiary alicyclic amines) is 1. The van der Waals surface area contributed by atoms with Crippen LogP contribution in [-0.4, -0.2) is 43.4 Å². The van der Waals surface area contributed by atoms with Crippen LogP contribution in [0, 0.1) is 11.8 Å². The van der Waals surface area contributed by atoms with E-state index in [-0.39, 0.29) is 24.2 Å². The molecule has 1 aliphatic heterocycles. The van der Waals surface area contributed by atoms with E-state index in [0.29, 0.717) is 11.4 Å². The van der Waals surface area contributed by atoms with Gasteiger partial charge in [-0.25, -0.2) is 8.42 Å². The minimum atomic E-state index is -3.14. The Kier molecular flexibility index (Phi) is 6.07. The van der Waals surface area contributed by atoms with Crippen LogP contribution in [0.2, 0.25) is 0 Å². The van der Waals surface area contributed by atoms with Crippen LogP contribution in [-0.2, 0) is 16.4 Å². The van der Waals surface area contributed by atoms with E-state index >= 15 is 0 Å². The Morgan fingerprint density at radius 2 is 1.86 bits per heavy atom. The first-order valence-electron chi connectivity index (χ1n) is 7.36. The minimum Gasteiger partial charge on any atom is -0.388 e. The summed E-state index contributed by atoms with van der Waals surface area (Å²) in [5, 5.41) is 10.7. The first kappa shape index (κ1) is 19.4. The highest BCUT2D eigenvalue weighted by Gasteiger charge is 2.44. The van der Waals surface area contributed by atoms with E-state index in [4.69, 9.17) is 0 Å². The molecular formula is C16H26ClNO3S. The summed E-state index contributed by atoms with van der Waals surface area (Å²) in [6.45, 7) is 8.47. The second-order valence-corrected chi connectivity index (χ2v) is 8.65. The predicted molar refractivity (Wildman–Crippen MR) is 91.0 cm³/mol. The zero-order chi connectivity index (χ0) is 15.8. The third kappa shape index (κ3) is 4.02. The maximum atomic E-state index is 11.4. The highest BCUT2D eigenvalue weighted by atomic mass is 35.5. The smallest absolute Gasteiger partial charge is 0.175 e. The Hall–Kier alpha value is -0.620. The second kappa shape index (κ2) is 6.87. The van der Waals surface area contributed by atoms with Gasteiger partial charge in [0.1, 0.15) is 0 Å². The summed E-state index contributed by atoms with van der Waals surface area (Å²) in [5.41, 5.74) is 0.440. The Morgan fingerprint density at radius 3 is 2.27 bits per heavy atom. The lowest BCUT2D eigenvalue weighted by atomic mass is 9.82. The average Bonchev–Trinajstić information content (AvgIpc) is 2.65. The summed E-state index contributed by atoms with van der Waals surface area (Å²) in [7, 11) is -3.14. The summed E-state index contributed by atoms with van der Waals surface area (Å²) in [6.07, 6.45) is 1.22. The molecule has 6 heteroatoms. The lowest BCUT2D eigenvalue weighted by Crippen LogP contribution is -2.42. The number of rotatable bonds is 4. The standard InChI is InChI=1S/C16H25NO3S.ClH/c1-12(2)16(18)11-17(9-13(16)3)10-14-5-7-15(8-6-14)21(4,19)20;/h5-8,12-13,18H,9-11H2,1-4H3;1H/t13-,16-;/m1./s1. The molecule has 2 atom stereocenters. The molecule has 22 heavy (non-hydrogen) atoms. The maximum Gasteiger partial charge on any atom is 0.175 e. The Labute approximate surface area is 139 Å². The van der Waals surface area contributed by atoms with E-state index in [9.17, 15) is 13.5 Å². The molecule has 4 nitrogen and oxygen atoms in total. The molecule has 1 aromatic carbocycles. The van der Waals surface area contributed by atoms with E-state index in [1.165, 1.54) is 6.26 Å². The number of β-amino-alcohol motifs (C(OH)–C–C–N with tert-alkyl or cyclic N) is 1. The molecule has 0 unspecified atom stereocenters. The molecule has 0 spiro atoms. The number of halogens is 1. The van der Waals surface area contributed by atoms with Crippen molar-refractivity contribution in [2.24, 2.45) is 11.8 Å². The van der Waals surface area contributed by atoms with E-state index in [0.717, 1.165) is 18.7 Å². The van der Waals surface area contributed by atoms with Gasteiger partial charge in [-0.3, -0.25) is 4.90 Å². The summed E-state index contributed by atoms with van der Waals surface area (Å²) < 4.78 is 22.9. The van der Waals surface area contributed by atoms with Crippen molar-refractivity contribution in [1.29, 1.82) is 0 Å². The number of sulfone groups is 1. The monoisotopic (exact) mass is 347 g/mol. The van der Waals surface area contributed by atoms with Gasteiger partial charge in [-0.05, 0) is 29.5 Å². The van der Waals surface area contributed by atoms with Crippen LogP contribution in [0.1, 0.15) is 26.3 Å². The van der Waals surface area contributed by atoms with Crippen molar-refractivity contribution in [3.63, 3.8) is 0 Å². The quantitative estimate of drug-likeness (QED) is 0.908. The third-order valence-corrected chi connectivity index (χ3v) is 5.75. The van der Waals surface area contributed by atoms with E-state index in [1.807, 2.05) is 12.1 Å². The molecule has 0 aromatic heterocycles. The normalized spacial score (nSPS) is 26.2. The fourth-order valence-electron chi connectivity index (χ4n) is 3.10. The minimum absolute atomic E-state index is 0. The summed E-state index contributed by atoms with van der Waals surface area (Å²) in [6, 6.07) is 7.01. The van der Waals surface area contributed by atoms with Gasteiger partial charge in [-0.15, -0.1) is 12.4 Å². The van der Waals surface area contributed by atoms with Crippen LogP contribution in [0.3, 0.4) is 0 Å². The molecule has 1 saturated heterocycles. The molecule has 1 aliphatic rings. The van der Waals surface area contributed by atoms with Crippen molar-refractivity contribution >= 4 is 22.2 Å². The Morgan fingerprint density at radius 1 is 1.32 bits per heavy atom. The number of hydrogen-bond acceptors (Lipinski definition) is 4. The van der Waals surface area contributed by atoms with Gasteiger partial charge in [0.15, 0.2) is 9.84 Å². The van der Waals surface area contributed by atoms with Gasteiger partial charge < -0.3 is 5.11 Å². The van der Waals surface area contributed by atoms with Gasteiger partial charge in [0, 0.05) is 25.9 Å². The lowest BCUT2D eigenvalue weighted by molar-refractivity contribution is -0.0255. The van der Waals surface area contributed by atoms with Crippen LogP contribution in [0.4, 0.5) is 0 Å². The molecule has 1 fully saturated rings. The van der Waals surface area contributed by atoms with Crippen LogP contribution in [0.5, 0.6) is 0 Å². The number of nitrogens with zero attached hydrogens (tertiary/aromatic N) is 1. The summed E-state index contributed by atoms with van der Waals surface area (Å²) >= 11 is 0. The molecule has 0 bridgehead atoms. The molecule has 1 heterocycles. The van der Waals surface area contributed by atoms with Crippen molar-refractivity contribution in [3.05, 3.63) is 29.8 Å². The van der Waals surface area contributed by atoms with Crippen molar-refractivity contribution in [2.45, 2.75) is 37.8 Å². The fourth-order valence-corrected chi connectivity index (χ4v) is 3.73. The van der Waals surface area contributed by atoms with Crippen LogP contribution in [0.15, 0.2) is 29.2 Å². The van der Waals surface area contributed by atoms with E-state index < -0.39 is 15.4 Å². The molecule has 0 saturated carbocycles. The Bertz CT molecular complexity index is 600. The Balaban J connectivity index is 0.00000242. The largest absolute Gasteiger partial charge is 0.388 e. The molecule has 0 aliphatic carbocycles. The van der Waals surface area contributed by atoms with Gasteiger partial charge in [0.2, 0.25) is 0 Å². The third-order valence-electron chi connectivity index (χ3n) is 4.62. The molecular weight excluding hydrogens is 322 g/mol. The summed E-state index contributed by atoms with van der Waals surface area (Å²) in [5.74, 6) is 0.470. The highest BCUT2D eigenvalue weighted by molar-refractivity contribution is 7.90. The zero-order valence-electron chi connectivity index (χ0n) is 13.6. The number of hydrogen-bond donors (Lipinski definition) is 1. The zero-order valence-corrected chi connectivity index (χ0v) is 15.2. The van der Waals surface area contributed by atoms with Crippen molar-refractivity contribution in [3.8, 4) is 0 Å². The van der Waals surface area contributed by atoms with Crippen molar-refractivity contribution in [2.75, 3.05) is 19.3 Å². The molecule has 0 radical (unpaired) electrons.